The number of nitrogens with zero attached hydrogens (tertiary/aromatic N) is 5. The van der Waals surface area contributed by atoms with Crippen molar-refractivity contribution in [3.05, 3.63) is 48.4 Å². The van der Waals surface area contributed by atoms with Crippen LogP contribution in [0.5, 0.6) is 5.75 Å². The molecule has 0 bridgehead atoms. The number of benzene rings is 1. The van der Waals surface area contributed by atoms with Crippen LogP contribution in [0.25, 0.3) is 11.2 Å². The molecular weight excluding hydrogens is 366 g/mol. The van der Waals surface area contributed by atoms with Crippen molar-refractivity contribution in [2.24, 2.45) is 0 Å². The first-order valence-electron chi connectivity index (χ1n) is 10.3. The molecule has 0 unspecified atom stereocenters. The molecule has 1 aromatic carbocycles. The average molecular weight is 391 g/mol. The fourth-order valence-electron chi connectivity index (χ4n) is 3.98. The van der Waals surface area contributed by atoms with Crippen LogP contribution in [0, 0.1) is 0 Å². The van der Waals surface area contributed by atoms with Crippen LogP contribution in [-0.4, -0.2) is 58.1 Å². The number of rotatable bonds is 5. The van der Waals surface area contributed by atoms with Gasteiger partial charge in [0.05, 0.1) is 24.2 Å². The molecule has 7 nitrogen and oxygen atoms in total. The van der Waals surface area contributed by atoms with Gasteiger partial charge < -0.3 is 19.1 Å². The molecule has 2 fully saturated rings. The number of fused-ring (bicyclic) bond motifs is 1. The van der Waals surface area contributed by atoms with Crippen LogP contribution in [0.1, 0.15) is 36.2 Å². The Morgan fingerprint density at radius 3 is 2.69 bits per heavy atom. The lowest BCUT2D eigenvalue weighted by Gasteiger charge is -2.36. The molecule has 1 amide bonds. The molecule has 0 radical (unpaired) electrons. The van der Waals surface area contributed by atoms with Crippen LogP contribution in [0.3, 0.4) is 0 Å². The zero-order valence-electron chi connectivity index (χ0n) is 16.6. The predicted molar refractivity (Wildman–Crippen MR) is 112 cm³/mol. The Labute approximate surface area is 169 Å². The van der Waals surface area contributed by atoms with E-state index >= 15 is 0 Å². The number of hydrogen-bond donors (Lipinski definition) is 0. The minimum atomic E-state index is 0.0260. The van der Waals surface area contributed by atoms with Crippen molar-refractivity contribution in [1.82, 2.24) is 19.4 Å². The quantitative estimate of drug-likeness (QED) is 0.669. The SMILES string of the molecule is CCOc1ccccc1N1CCN(C(=O)c2cnc3c(c2)ncn3C2CC2)CC1. The van der Waals surface area contributed by atoms with E-state index < -0.39 is 0 Å². The number of pyridine rings is 1. The van der Waals surface area contributed by atoms with Gasteiger partial charge in [-0.25, -0.2) is 9.97 Å². The standard InChI is InChI=1S/C22H25N5O2/c1-2-29-20-6-4-3-5-19(20)25-9-11-26(12-10-25)22(28)16-13-18-21(23-14-16)27(15-24-18)17-7-8-17/h3-6,13-15,17H,2,7-12H2,1H3. The zero-order chi connectivity index (χ0) is 19.8. The van der Waals surface area contributed by atoms with Gasteiger partial charge in [-0.05, 0) is 38.0 Å². The van der Waals surface area contributed by atoms with Crippen molar-refractivity contribution in [3.8, 4) is 5.75 Å². The van der Waals surface area contributed by atoms with Crippen molar-refractivity contribution < 1.29 is 9.53 Å². The van der Waals surface area contributed by atoms with Crippen LogP contribution in [0.4, 0.5) is 5.69 Å². The summed E-state index contributed by atoms with van der Waals surface area (Å²) in [6.45, 7) is 5.54. The number of piperazine rings is 1. The fraction of sp³-hybridized carbons (Fsp3) is 0.409. The van der Waals surface area contributed by atoms with E-state index in [1.165, 1.54) is 12.8 Å². The summed E-state index contributed by atoms with van der Waals surface area (Å²) in [4.78, 5) is 26.2. The van der Waals surface area contributed by atoms with Crippen molar-refractivity contribution in [2.45, 2.75) is 25.8 Å². The Bertz CT molecular complexity index is 1030. The van der Waals surface area contributed by atoms with Crippen LogP contribution in [-0.2, 0) is 0 Å². The van der Waals surface area contributed by atoms with Crippen LogP contribution in [0.2, 0.25) is 0 Å². The van der Waals surface area contributed by atoms with Gasteiger partial charge in [-0.2, -0.15) is 0 Å². The molecule has 0 N–H and O–H groups in total. The molecule has 1 saturated carbocycles. The molecule has 2 aromatic heterocycles. The van der Waals surface area contributed by atoms with Gasteiger partial charge >= 0.3 is 0 Å². The lowest BCUT2D eigenvalue weighted by molar-refractivity contribution is 0.0746. The highest BCUT2D eigenvalue weighted by molar-refractivity contribution is 5.96. The van der Waals surface area contributed by atoms with Crippen molar-refractivity contribution in [1.29, 1.82) is 0 Å². The summed E-state index contributed by atoms with van der Waals surface area (Å²) in [6.07, 6.45) is 5.91. The van der Waals surface area contributed by atoms with E-state index in [0.717, 1.165) is 35.7 Å². The zero-order valence-corrected chi connectivity index (χ0v) is 16.6. The molecule has 1 aliphatic heterocycles. The Morgan fingerprint density at radius 1 is 1.14 bits per heavy atom. The molecular formula is C22H25N5O2. The lowest BCUT2D eigenvalue weighted by Crippen LogP contribution is -2.48. The lowest BCUT2D eigenvalue weighted by atomic mass is 10.2. The Hall–Kier alpha value is -3.09. The highest BCUT2D eigenvalue weighted by atomic mass is 16.5. The molecule has 1 saturated heterocycles. The number of amides is 1. The minimum absolute atomic E-state index is 0.0260. The normalized spacial score (nSPS) is 17.0. The number of ether oxygens (including phenoxy) is 1. The first-order valence-corrected chi connectivity index (χ1v) is 10.3. The maximum atomic E-state index is 13.0. The first-order chi connectivity index (χ1) is 14.2. The van der Waals surface area contributed by atoms with Crippen molar-refractivity contribution in [2.75, 3.05) is 37.7 Å². The fourth-order valence-corrected chi connectivity index (χ4v) is 3.98. The average Bonchev–Trinajstić information content (AvgIpc) is 3.52. The van der Waals surface area contributed by atoms with E-state index in [1.54, 1.807) is 6.20 Å². The monoisotopic (exact) mass is 391 g/mol. The number of carbonyl (C=O) groups is 1. The van der Waals surface area contributed by atoms with Crippen LogP contribution >= 0.6 is 0 Å². The molecule has 3 aromatic rings. The molecule has 0 atom stereocenters. The Balaban J connectivity index is 1.28. The van der Waals surface area contributed by atoms with Gasteiger partial charge in [-0.3, -0.25) is 4.79 Å². The third-order valence-electron chi connectivity index (χ3n) is 5.67. The number of carbonyl (C=O) groups excluding carboxylic acids is 1. The van der Waals surface area contributed by atoms with E-state index in [1.807, 2.05) is 42.4 Å². The minimum Gasteiger partial charge on any atom is -0.492 e. The highest BCUT2D eigenvalue weighted by Gasteiger charge is 2.27. The molecule has 3 heterocycles. The number of imidazole rings is 1. The van der Waals surface area contributed by atoms with Gasteiger partial charge in [0, 0.05) is 38.4 Å². The van der Waals surface area contributed by atoms with E-state index in [0.29, 0.717) is 31.3 Å². The summed E-state index contributed by atoms with van der Waals surface area (Å²) >= 11 is 0. The Morgan fingerprint density at radius 2 is 1.93 bits per heavy atom. The van der Waals surface area contributed by atoms with Gasteiger partial charge in [0.15, 0.2) is 5.65 Å². The maximum absolute atomic E-state index is 13.0. The number of anilines is 1. The van der Waals surface area contributed by atoms with Gasteiger partial charge in [0.25, 0.3) is 5.91 Å². The molecule has 150 valence electrons. The van der Waals surface area contributed by atoms with Crippen molar-refractivity contribution in [3.63, 3.8) is 0 Å². The second-order valence-electron chi connectivity index (χ2n) is 7.63. The van der Waals surface area contributed by atoms with Gasteiger partial charge in [0.1, 0.15) is 11.3 Å². The summed E-state index contributed by atoms with van der Waals surface area (Å²) in [5, 5.41) is 0. The molecule has 0 spiro atoms. The third kappa shape index (κ3) is 3.41. The number of aromatic nitrogens is 3. The van der Waals surface area contributed by atoms with E-state index in [4.69, 9.17) is 4.74 Å². The van der Waals surface area contributed by atoms with Gasteiger partial charge in [-0.15, -0.1) is 0 Å². The maximum Gasteiger partial charge on any atom is 0.255 e. The topological polar surface area (TPSA) is 63.5 Å². The second kappa shape index (κ2) is 7.39. The molecule has 2 aliphatic rings. The summed E-state index contributed by atoms with van der Waals surface area (Å²) in [5.41, 5.74) is 3.38. The second-order valence-corrected chi connectivity index (χ2v) is 7.63. The largest absolute Gasteiger partial charge is 0.492 e. The van der Waals surface area contributed by atoms with Crippen molar-refractivity contribution >= 4 is 22.8 Å². The highest BCUT2D eigenvalue weighted by Crippen LogP contribution is 2.36. The predicted octanol–water partition coefficient (Wildman–Crippen LogP) is 3.13. The van der Waals surface area contributed by atoms with Gasteiger partial charge in [-0.1, -0.05) is 12.1 Å². The first kappa shape index (κ1) is 18.0. The molecule has 29 heavy (non-hydrogen) atoms. The summed E-state index contributed by atoms with van der Waals surface area (Å²) in [5.74, 6) is 0.925. The number of para-hydroxylation sites is 2. The van der Waals surface area contributed by atoms with E-state index in [2.05, 4.69) is 25.5 Å². The third-order valence-corrected chi connectivity index (χ3v) is 5.67. The Kier molecular flexibility index (Phi) is 4.58. The summed E-state index contributed by atoms with van der Waals surface area (Å²) in [6, 6.07) is 10.5. The van der Waals surface area contributed by atoms with E-state index in [-0.39, 0.29) is 5.91 Å². The van der Waals surface area contributed by atoms with Crippen LogP contribution < -0.4 is 9.64 Å². The number of hydrogen-bond acceptors (Lipinski definition) is 5. The molecule has 7 heteroatoms. The molecule has 5 rings (SSSR count). The smallest absolute Gasteiger partial charge is 0.255 e. The molecule has 1 aliphatic carbocycles. The summed E-state index contributed by atoms with van der Waals surface area (Å²) < 4.78 is 7.88. The van der Waals surface area contributed by atoms with E-state index in [9.17, 15) is 4.79 Å². The van der Waals surface area contributed by atoms with Crippen LogP contribution in [0.15, 0.2) is 42.9 Å². The summed E-state index contributed by atoms with van der Waals surface area (Å²) in [7, 11) is 0. The van der Waals surface area contributed by atoms with Gasteiger partial charge in [0.2, 0.25) is 0 Å².